The van der Waals surface area contributed by atoms with Crippen molar-refractivity contribution >= 4 is 11.9 Å². The number of allylic oxidation sites excluding steroid dienone is 4. The molecule has 1 aromatic carbocycles. The van der Waals surface area contributed by atoms with Crippen LogP contribution in [-0.2, 0) is 25.5 Å². The van der Waals surface area contributed by atoms with Crippen LogP contribution in [0.2, 0.25) is 0 Å². The van der Waals surface area contributed by atoms with Gasteiger partial charge in [-0.25, -0.2) is 0 Å². The lowest BCUT2D eigenvalue weighted by atomic mass is 9.83. The summed E-state index contributed by atoms with van der Waals surface area (Å²) in [7, 11) is 1.63. The first-order valence-electron chi connectivity index (χ1n) is 11.6. The molecule has 4 rings (SSSR count). The molecule has 2 aliphatic carbocycles. The number of nitriles is 1. The van der Waals surface area contributed by atoms with Crippen LogP contribution in [-0.4, -0.2) is 43.3 Å². The van der Waals surface area contributed by atoms with Gasteiger partial charge in [0.2, 0.25) is 5.91 Å². The van der Waals surface area contributed by atoms with Gasteiger partial charge in [-0.3, -0.25) is 9.59 Å². The number of fused-ring (bicyclic) bond motifs is 1. The van der Waals surface area contributed by atoms with E-state index in [-0.39, 0.29) is 11.8 Å². The highest BCUT2D eigenvalue weighted by Crippen LogP contribution is 2.37. The Balaban J connectivity index is 1.32. The second-order valence-corrected chi connectivity index (χ2v) is 8.64. The van der Waals surface area contributed by atoms with Crippen LogP contribution in [0.25, 0.3) is 0 Å². The molecule has 1 heterocycles. The molecule has 8 nitrogen and oxygen atoms in total. The van der Waals surface area contributed by atoms with E-state index >= 15 is 0 Å². The number of carbonyl (C=O) groups excluding carboxylic acids is 1. The van der Waals surface area contributed by atoms with Crippen molar-refractivity contribution in [1.29, 1.82) is 5.26 Å². The molecular formula is C27H28N2O6. The third kappa shape index (κ3) is 5.81. The minimum absolute atomic E-state index is 0.0584. The molecule has 1 aromatic rings. The number of nitrogens with one attached hydrogen (secondary N) is 1. The quantitative estimate of drug-likeness (QED) is 0.590. The van der Waals surface area contributed by atoms with Crippen LogP contribution >= 0.6 is 0 Å². The van der Waals surface area contributed by atoms with Gasteiger partial charge in [0.15, 0.2) is 0 Å². The molecule has 1 aliphatic heterocycles. The molecule has 1 amide bonds. The van der Waals surface area contributed by atoms with E-state index in [1.165, 1.54) is 0 Å². The first-order chi connectivity index (χ1) is 17.0. The Kier molecular flexibility index (Phi) is 7.68. The van der Waals surface area contributed by atoms with Crippen molar-refractivity contribution in [2.75, 3.05) is 20.3 Å². The summed E-state index contributed by atoms with van der Waals surface area (Å²) >= 11 is 0. The van der Waals surface area contributed by atoms with E-state index in [2.05, 4.69) is 11.4 Å². The maximum atomic E-state index is 12.6. The molecule has 182 valence electrons. The number of aliphatic carboxylic acids is 1. The van der Waals surface area contributed by atoms with Crippen LogP contribution in [0.4, 0.5) is 0 Å². The fourth-order valence-electron chi connectivity index (χ4n) is 4.47. The molecule has 0 saturated carbocycles. The number of ether oxygens (including phenoxy) is 3. The number of benzene rings is 1. The molecule has 0 radical (unpaired) electrons. The van der Waals surface area contributed by atoms with Crippen LogP contribution in [0, 0.1) is 23.2 Å². The van der Waals surface area contributed by atoms with Crippen molar-refractivity contribution in [1.82, 2.24) is 5.32 Å². The number of carboxylic acid groups (broad SMARTS) is 1. The topological polar surface area (TPSA) is 118 Å². The molecule has 35 heavy (non-hydrogen) atoms. The van der Waals surface area contributed by atoms with E-state index in [9.17, 15) is 20.0 Å². The van der Waals surface area contributed by atoms with Crippen molar-refractivity contribution in [2.24, 2.45) is 11.8 Å². The van der Waals surface area contributed by atoms with Crippen molar-refractivity contribution < 1.29 is 28.9 Å². The third-order valence-electron chi connectivity index (χ3n) is 6.39. The zero-order valence-corrected chi connectivity index (χ0v) is 19.5. The van der Waals surface area contributed by atoms with Gasteiger partial charge in [0, 0.05) is 19.6 Å². The SMILES string of the molecule is COc1cccc(CCNC(=O)C2C=CC(OC3=C(C#N)C=C4C(C3)OCCC4C(=O)O)=CC2)c1. The van der Waals surface area contributed by atoms with E-state index in [1.54, 1.807) is 25.3 Å². The Morgan fingerprint density at radius 1 is 1.34 bits per heavy atom. The first-order valence-corrected chi connectivity index (χ1v) is 11.6. The smallest absolute Gasteiger partial charge is 0.310 e. The Morgan fingerprint density at radius 2 is 2.20 bits per heavy atom. The largest absolute Gasteiger partial charge is 0.497 e. The van der Waals surface area contributed by atoms with Crippen LogP contribution in [0.1, 0.15) is 24.8 Å². The van der Waals surface area contributed by atoms with Gasteiger partial charge in [0.05, 0.1) is 30.6 Å². The van der Waals surface area contributed by atoms with E-state index in [0.29, 0.717) is 61.5 Å². The van der Waals surface area contributed by atoms with Gasteiger partial charge in [0.25, 0.3) is 0 Å². The fourth-order valence-corrected chi connectivity index (χ4v) is 4.47. The zero-order chi connectivity index (χ0) is 24.8. The Bertz CT molecular complexity index is 1160. The van der Waals surface area contributed by atoms with Gasteiger partial charge in [0.1, 0.15) is 23.3 Å². The maximum Gasteiger partial charge on any atom is 0.310 e. The average Bonchev–Trinajstić information content (AvgIpc) is 2.88. The van der Waals surface area contributed by atoms with Gasteiger partial charge in [-0.15, -0.1) is 0 Å². The van der Waals surface area contributed by atoms with Crippen molar-refractivity contribution in [3.63, 3.8) is 0 Å². The van der Waals surface area contributed by atoms with Crippen LogP contribution in [0.3, 0.4) is 0 Å². The lowest BCUT2D eigenvalue weighted by Crippen LogP contribution is -2.35. The number of rotatable bonds is 8. The highest BCUT2D eigenvalue weighted by atomic mass is 16.5. The molecule has 2 N–H and O–H groups in total. The van der Waals surface area contributed by atoms with E-state index in [4.69, 9.17) is 14.2 Å². The number of carbonyl (C=O) groups is 2. The lowest BCUT2D eigenvalue weighted by Gasteiger charge is -2.34. The summed E-state index contributed by atoms with van der Waals surface area (Å²) in [6.45, 7) is 0.876. The standard InChI is InChI=1S/C27H28N2O6/c1-33-21-4-2-3-17(13-21)9-11-29-26(30)18-5-7-20(8-6-18)35-24-15-25-23(14-19(24)16-28)22(27(31)32)10-12-34-25/h2-5,7-8,13-14,18,22,25H,6,9-12,15H2,1H3,(H,29,30)(H,31,32). The first kappa shape index (κ1) is 24.3. The molecule has 0 bridgehead atoms. The van der Waals surface area contributed by atoms with E-state index in [1.807, 2.05) is 30.3 Å². The Labute approximate surface area is 204 Å². The van der Waals surface area contributed by atoms with E-state index < -0.39 is 18.0 Å². The normalized spacial score (nSPS) is 23.4. The third-order valence-corrected chi connectivity index (χ3v) is 6.39. The summed E-state index contributed by atoms with van der Waals surface area (Å²) in [5.74, 6) is -0.116. The van der Waals surface area contributed by atoms with Crippen LogP contribution in [0.15, 0.2) is 71.2 Å². The molecule has 3 atom stereocenters. The van der Waals surface area contributed by atoms with Crippen molar-refractivity contribution in [2.45, 2.75) is 31.8 Å². The molecule has 3 aliphatic rings. The number of carboxylic acids is 1. The summed E-state index contributed by atoms with van der Waals surface area (Å²) in [4.78, 5) is 24.1. The number of methoxy groups -OCH3 is 1. The molecule has 0 spiro atoms. The summed E-state index contributed by atoms with van der Waals surface area (Å²) in [5, 5.41) is 22.0. The summed E-state index contributed by atoms with van der Waals surface area (Å²) < 4.78 is 17.0. The van der Waals surface area contributed by atoms with Crippen molar-refractivity contribution in [3.05, 3.63) is 76.8 Å². The molecule has 8 heteroatoms. The number of amides is 1. The van der Waals surface area contributed by atoms with Gasteiger partial charge in [-0.2, -0.15) is 5.26 Å². The minimum Gasteiger partial charge on any atom is -0.497 e. The fraction of sp³-hybridized carbons (Fsp3) is 0.370. The molecule has 1 saturated heterocycles. The molecule has 0 aromatic heterocycles. The maximum absolute atomic E-state index is 12.6. The average molecular weight is 477 g/mol. The van der Waals surface area contributed by atoms with E-state index in [0.717, 1.165) is 11.3 Å². The van der Waals surface area contributed by atoms with Gasteiger partial charge in [-0.1, -0.05) is 18.2 Å². The predicted molar refractivity (Wildman–Crippen MR) is 127 cm³/mol. The molecular weight excluding hydrogens is 448 g/mol. The summed E-state index contributed by atoms with van der Waals surface area (Å²) in [5.41, 5.74) is 2.01. The molecule has 3 unspecified atom stereocenters. The predicted octanol–water partition coefficient (Wildman–Crippen LogP) is 3.43. The zero-order valence-electron chi connectivity index (χ0n) is 19.5. The lowest BCUT2D eigenvalue weighted by molar-refractivity contribution is -0.143. The summed E-state index contributed by atoms with van der Waals surface area (Å²) in [6.07, 6.45) is 8.42. The highest BCUT2D eigenvalue weighted by Gasteiger charge is 2.37. The number of nitrogens with zero attached hydrogens (tertiary/aromatic N) is 1. The number of hydrogen-bond donors (Lipinski definition) is 2. The highest BCUT2D eigenvalue weighted by molar-refractivity contribution is 5.81. The van der Waals surface area contributed by atoms with Crippen LogP contribution < -0.4 is 10.1 Å². The summed E-state index contributed by atoms with van der Waals surface area (Å²) in [6, 6.07) is 9.87. The van der Waals surface area contributed by atoms with Gasteiger partial charge < -0.3 is 24.6 Å². The van der Waals surface area contributed by atoms with Gasteiger partial charge in [-0.05, 0) is 60.8 Å². The monoisotopic (exact) mass is 476 g/mol. The minimum atomic E-state index is -0.906. The number of hydrogen-bond acceptors (Lipinski definition) is 6. The Hall–Kier alpha value is -3.83. The second kappa shape index (κ2) is 11.1. The van der Waals surface area contributed by atoms with Gasteiger partial charge >= 0.3 is 5.97 Å². The molecule has 1 fully saturated rings. The second-order valence-electron chi connectivity index (χ2n) is 8.64. The van der Waals surface area contributed by atoms with Crippen LogP contribution in [0.5, 0.6) is 5.75 Å². The van der Waals surface area contributed by atoms with Crippen molar-refractivity contribution in [3.8, 4) is 11.8 Å². The Morgan fingerprint density at radius 3 is 2.91 bits per heavy atom.